The van der Waals surface area contributed by atoms with Crippen LogP contribution in [0.1, 0.15) is 25.3 Å². The van der Waals surface area contributed by atoms with E-state index in [1.807, 2.05) is 12.1 Å². The Labute approximate surface area is 119 Å². The molecule has 0 aliphatic carbocycles. The van der Waals surface area contributed by atoms with E-state index in [1.54, 1.807) is 0 Å². The lowest BCUT2D eigenvalue weighted by Crippen LogP contribution is -2.55. The van der Waals surface area contributed by atoms with Crippen LogP contribution >= 0.6 is 11.6 Å². The third-order valence-corrected chi connectivity index (χ3v) is 4.85. The molecule has 1 N–H and O–H groups in total. The molecule has 1 aromatic carbocycles. The number of piperazine rings is 1. The minimum absolute atomic E-state index is 0.00656. The van der Waals surface area contributed by atoms with E-state index < -0.39 is 0 Å². The molecule has 2 fully saturated rings. The van der Waals surface area contributed by atoms with Crippen LogP contribution in [-0.4, -0.2) is 41.7 Å². The number of benzene rings is 1. The Bertz CT molecular complexity index is 465. The Hall–Kier alpha value is -0.770. The van der Waals surface area contributed by atoms with Crippen molar-refractivity contribution >= 4 is 17.3 Å². The second-order valence-electron chi connectivity index (χ2n) is 5.69. The van der Waals surface area contributed by atoms with Crippen molar-refractivity contribution in [2.45, 2.75) is 38.5 Å². The van der Waals surface area contributed by atoms with Gasteiger partial charge in [0.2, 0.25) is 0 Å². The highest BCUT2D eigenvalue weighted by Gasteiger charge is 2.35. The Balaban J connectivity index is 1.91. The van der Waals surface area contributed by atoms with Crippen molar-refractivity contribution < 1.29 is 5.11 Å². The largest absolute Gasteiger partial charge is 0.392 e. The molecule has 0 aromatic heterocycles. The summed E-state index contributed by atoms with van der Waals surface area (Å²) in [4.78, 5) is 5.02. The van der Waals surface area contributed by atoms with Gasteiger partial charge in [-0.25, -0.2) is 0 Å². The summed E-state index contributed by atoms with van der Waals surface area (Å²) in [6.07, 6.45) is 2.60. The first-order valence-electron chi connectivity index (χ1n) is 7.09. The molecule has 0 bridgehead atoms. The predicted octanol–water partition coefficient (Wildman–Crippen LogP) is 2.51. The van der Waals surface area contributed by atoms with Gasteiger partial charge in [-0.2, -0.15) is 0 Å². The number of aliphatic hydroxyl groups is 1. The highest BCUT2D eigenvalue weighted by molar-refractivity contribution is 6.31. The summed E-state index contributed by atoms with van der Waals surface area (Å²) in [6, 6.07) is 7.05. The molecule has 19 heavy (non-hydrogen) atoms. The molecule has 4 heteroatoms. The first-order valence-corrected chi connectivity index (χ1v) is 7.47. The van der Waals surface area contributed by atoms with Crippen LogP contribution in [0.3, 0.4) is 0 Å². The number of anilines is 1. The van der Waals surface area contributed by atoms with Gasteiger partial charge in [0, 0.05) is 41.4 Å². The van der Waals surface area contributed by atoms with Gasteiger partial charge in [-0.1, -0.05) is 17.7 Å². The minimum Gasteiger partial charge on any atom is -0.392 e. The van der Waals surface area contributed by atoms with Crippen molar-refractivity contribution in [1.82, 2.24) is 4.90 Å². The first-order chi connectivity index (χ1) is 9.20. The Kier molecular flexibility index (Phi) is 3.70. The zero-order valence-corrected chi connectivity index (χ0v) is 12.1. The summed E-state index contributed by atoms with van der Waals surface area (Å²) < 4.78 is 0. The molecule has 2 saturated heterocycles. The number of halogens is 1. The number of fused-ring (bicyclic) bond motifs is 1. The molecule has 2 unspecified atom stereocenters. The van der Waals surface area contributed by atoms with Gasteiger partial charge in [0.05, 0.1) is 6.61 Å². The number of hydrogen-bond acceptors (Lipinski definition) is 3. The van der Waals surface area contributed by atoms with Crippen LogP contribution in [0, 0.1) is 0 Å². The van der Waals surface area contributed by atoms with Crippen LogP contribution in [0.15, 0.2) is 18.2 Å². The van der Waals surface area contributed by atoms with E-state index in [4.69, 9.17) is 11.6 Å². The Morgan fingerprint density at radius 3 is 3.00 bits per heavy atom. The smallest absolute Gasteiger partial charge is 0.0716 e. The van der Waals surface area contributed by atoms with E-state index in [9.17, 15) is 5.11 Å². The van der Waals surface area contributed by atoms with E-state index in [0.717, 1.165) is 24.3 Å². The van der Waals surface area contributed by atoms with E-state index in [2.05, 4.69) is 22.8 Å². The van der Waals surface area contributed by atoms with Crippen LogP contribution in [0.2, 0.25) is 5.02 Å². The summed E-state index contributed by atoms with van der Waals surface area (Å²) in [5.74, 6) is 0. The van der Waals surface area contributed by atoms with Crippen LogP contribution in [0.5, 0.6) is 0 Å². The summed E-state index contributed by atoms with van der Waals surface area (Å²) in [7, 11) is 0. The normalized spacial score (nSPS) is 27.6. The van der Waals surface area contributed by atoms with Crippen molar-refractivity contribution in [3.8, 4) is 0 Å². The molecule has 2 atom stereocenters. The van der Waals surface area contributed by atoms with Gasteiger partial charge in [0.15, 0.2) is 0 Å². The second-order valence-corrected chi connectivity index (χ2v) is 6.10. The number of aliphatic hydroxyl groups excluding tert-OH is 1. The maximum absolute atomic E-state index is 9.58. The van der Waals surface area contributed by atoms with Crippen molar-refractivity contribution in [3.63, 3.8) is 0 Å². The molecular formula is C15H21ClN2O. The highest BCUT2D eigenvalue weighted by Crippen LogP contribution is 2.33. The molecule has 0 spiro atoms. The van der Waals surface area contributed by atoms with Crippen LogP contribution in [-0.2, 0) is 6.61 Å². The molecule has 2 aliphatic heterocycles. The Morgan fingerprint density at radius 2 is 2.21 bits per heavy atom. The first kappa shape index (κ1) is 13.2. The molecule has 0 amide bonds. The van der Waals surface area contributed by atoms with Gasteiger partial charge < -0.3 is 10.0 Å². The number of rotatable bonds is 2. The maximum atomic E-state index is 9.58. The maximum Gasteiger partial charge on any atom is 0.0716 e. The second kappa shape index (κ2) is 5.31. The molecule has 2 aliphatic rings. The lowest BCUT2D eigenvalue weighted by atomic mass is 10.0. The molecule has 0 saturated carbocycles. The zero-order valence-electron chi connectivity index (χ0n) is 11.3. The average Bonchev–Trinajstić information content (AvgIpc) is 2.84. The number of hydrogen-bond donors (Lipinski definition) is 1. The van der Waals surface area contributed by atoms with Crippen molar-refractivity contribution in [2.75, 3.05) is 24.5 Å². The van der Waals surface area contributed by atoms with Crippen molar-refractivity contribution in [3.05, 3.63) is 28.8 Å². The third kappa shape index (κ3) is 2.35. The molecule has 2 heterocycles. The quantitative estimate of drug-likeness (QED) is 0.902. The Morgan fingerprint density at radius 1 is 1.37 bits per heavy atom. The lowest BCUT2D eigenvalue weighted by Gasteiger charge is -2.44. The standard InChI is InChI=1S/C15H21ClN2O/c1-11-8-17-7-3-4-12(17)9-18(11)15-6-2-5-14(16)13(15)10-19/h2,5-6,11-12,19H,3-4,7-10H2,1H3. The molecule has 3 rings (SSSR count). The van der Waals surface area contributed by atoms with Crippen LogP contribution < -0.4 is 4.90 Å². The van der Waals surface area contributed by atoms with Gasteiger partial charge in [0.25, 0.3) is 0 Å². The molecule has 104 valence electrons. The minimum atomic E-state index is 0.00656. The SMILES string of the molecule is CC1CN2CCCC2CN1c1cccc(Cl)c1CO. The van der Waals surface area contributed by atoms with E-state index in [1.165, 1.54) is 19.4 Å². The fourth-order valence-corrected chi connectivity index (χ4v) is 3.73. The third-order valence-electron chi connectivity index (χ3n) is 4.50. The van der Waals surface area contributed by atoms with Gasteiger partial charge in [-0.3, -0.25) is 4.90 Å². The van der Waals surface area contributed by atoms with E-state index in [-0.39, 0.29) is 6.61 Å². The van der Waals surface area contributed by atoms with Gasteiger partial charge >= 0.3 is 0 Å². The van der Waals surface area contributed by atoms with Crippen molar-refractivity contribution in [2.24, 2.45) is 0 Å². The summed E-state index contributed by atoms with van der Waals surface area (Å²) in [5, 5.41) is 10.2. The van der Waals surface area contributed by atoms with E-state index >= 15 is 0 Å². The molecule has 0 radical (unpaired) electrons. The van der Waals surface area contributed by atoms with Crippen LogP contribution in [0.25, 0.3) is 0 Å². The van der Waals surface area contributed by atoms with Crippen LogP contribution in [0.4, 0.5) is 5.69 Å². The molecular weight excluding hydrogens is 260 g/mol. The molecule has 1 aromatic rings. The predicted molar refractivity (Wildman–Crippen MR) is 78.8 cm³/mol. The highest BCUT2D eigenvalue weighted by atomic mass is 35.5. The lowest BCUT2D eigenvalue weighted by molar-refractivity contribution is 0.202. The van der Waals surface area contributed by atoms with Crippen molar-refractivity contribution in [1.29, 1.82) is 0 Å². The van der Waals surface area contributed by atoms with Gasteiger partial charge in [0.1, 0.15) is 0 Å². The summed E-state index contributed by atoms with van der Waals surface area (Å²) in [5.41, 5.74) is 1.97. The monoisotopic (exact) mass is 280 g/mol. The van der Waals surface area contributed by atoms with Gasteiger partial charge in [-0.05, 0) is 38.4 Å². The average molecular weight is 281 g/mol. The zero-order chi connectivity index (χ0) is 13.4. The topological polar surface area (TPSA) is 26.7 Å². The fourth-order valence-electron chi connectivity index (χ4n) is 3.50. The fraction of sp³-hybridized carbons (Fsp3) is 0.600. The van der Waals surface area contributed by atoms with E-state index in [0.29, 0.717) is 17.1 Å². The molecule has 3 nitrogen and oxygen atoms in total. The summed E-state index contributed by atoms with van der Waals surface area (Å²) in [6.45, 7) is 5.67. The number of nitrogens with zero attached hydrogens (tertiary/aromatic N) is 2. The van der Waals surface area contributed by atoms with Gasteiger partial charge in [-0.15, -0.1) is 0 Å². The summed E-state index contributed by atoms with van der Waals surface area (Å²) >= 11 is 6.21.